The first-order valence-corrected chi connectivity index (χ1v) is 10.9. The molecule has 1 aliphatic heterocycles. The van der Waals surface area contributed by atoms with Gasteiger partial charge in [-0.05, 0) is 36.5 Å². The molecule has 0 saturated carbocycles. The minimum atomic E-state index is -0.528. The summed E-state index contributed by atoms with van der Waals surface area (Å²) in [6, 6.07) is 11.0. The topological polar surface area (TPSA) is 74.6 Å². The van der Waals surface area contributed by atoms with Gasteiger partial charge in [0.15, 0.2) is 0 Å². The molecule has 1 N–H and O–H groups in total. The second-order valence-corrected chi connectivity index (χ2v) is 8.11. The molecule has 0 spiro atoms. The number of ether oxygens (including phenoxy) is 3. The van der Waals surface area contributed by atoms with Crippen LogP contribution in [0, 0.1) is 11.7 Å². The van der Waals surface area contributed by atoms with Crippen LogP contribution in [-0.2, 0) is 11.8 Å². The number of Topliss-reactive ketones (excluding diaryl/α,β-unsaturated/α-hetero) is 1. The van der Waals surface area contributed by atoms with E-state index in [1.807, 2.05) is 12.1 Å². The van der Waals surface area contributed by atoms with Crippen molar-refractivity contribution in [1.82, 2.24) is 9.78 Å². The number of aryl methyl sites for hydroxylation is 1. The number of rotatable bonds is 8. The number of hydrogen-bond acceptors (Lipinski definition) is 6. The summed E-state index contributed by atoms with van der Waals surface area (Å²) in [6.45, 7) is 1.20. The normalized spacial score (nSPS) is 15.2. The van der Waals surface area contributed by atoms with Gasteiger partial charge in [-0.25, -0.2) is 4.39 Å². The summed E-state index contributed by atoms with van der Waals surface area (Å²) in [4.78, 5) is 13.9. The van der Waals surface area contributed by atoms with Crippen molar-refractivity contribution in [2.24, 2.45) is 13.0 Å². The van der Waals surface area contributed by atoms with Gasteiger partial charge in [-0.2, -0.15) is 5.10 Å². The smallest absolute Gasteiger partial charge is 0.206 e. The van der Waals surface area contributed by atoms with Gasteiger partial charge in [0.2, 0.25) is 5.78 Å². The molecule has 8 heteroatoms. The van der Waals surface area contributed by atoms with Crippen LogP contribution in [0.4, 0.5) is 10.1 Å². The molecule has 0 bridgehead atoms. The molecule has 1 saturated heterocycles. The lowest BCUT2D eigenvalue weighted by molar-refractivity contribution is 0.0564. The largest absolute Gasteiger partial charge is 0.497 e. The van der Waals surface area contributed by atoms with Crippen molar-refractivity contribution in [2.75, 3.05) is 32.8 Å². The van der Waals surface area contributed by atoms with Crippen molar-refractivity contribution in [3.05, 3.63) is 60.2 Å². The van der Waals surface area contributed by atoms with Gasteiger partial charge in [-0.1, -0.05) is 12.1 Å². The Balaban J connectivity index is 1.71. The molecule has 174 valence electrons. The number of ketones is 1. The Bertz CT molecular complexity index is 1090. The molecule has 0 amide bonds. The van der Waals surface area contributed by atoms with Crippen molar-refractivity contribution in [1.29, 1.82) is 0 Å². The van der Waals surface area contributed by atoms with Gasteiger partial charge in [0.05, 0.1) is 20.3 Å². The molecule has 2 aromatic carbocycles. The predicted molar refractivity (Wildman–Crippen MR) is 123 cm³/mol. The molecule has 0 aliphatic carbocycles. The van der Waals surface area contributed by atoms with Gasteiger partial charge in [0.1, 0.15) is 23.0 Å². The van der Waals surface area contributed by atoms with Crippen molar-refractivity contribution in [3.8, 4) is 22.6 Å². The maximum Gasteiger partial charge on any atom is 0.206 e. The van der Waals surface area contributed by atoms with Crippen LogP contribution in [0.3, 0.4) is 0 Å². The second-order valence-electron chi connectivity index (χ2n) is 8.11. The van der Waals surface area contributed by atoms with E-state index >= 15 is 0 Å². The molecule has 1 aliphatic rings. The molecule has 0 radical (unpaired) electrons. The average Bonchev–Trinajstić information content (AvgIpc) is 3.24. The fourth-order valence-corrected chi connectivity index (χ4v) is 4.18. The fraction of sp³-hybridized carbons (Fsp3) is 0.360. The van der Waals surface area contributed by atoms with Crippen LogP contribution in [0.5, 0.6) is 11.5 Å². The van der Waals surface area contributed by atoms with Crippen molar-refractivity contribution < 1.29 is 23.4 Å². The van der Waals surface area contributed by atoms with Crippen molar-refractivity contribution in [2.45, 2.75) is 18.9 Å². The Hall–Kier alpha value is -3.39. The molecule has 2 heterocycles. The van der Waals surface area contributed by atoms with Crippen LogP contribution >= 0.6 is 0 Å². The zero-order valence-electron chi connectivity index (χ0n) is 19.0. The van der Waals surface area contributed by atoms with Gasteiger partial charge >= 0.3 is 0 Å². The highest BCUT2D eigenvalue weighted by atomic mass is 19.1. The number of benzene rings is 2. The Labute approximate surface area is 192 Å². The van der Waals surface area contributed by atoms with Crippen LogP contribution in [0.1, 0.15) is 23.3 Å². The lowest BCUT2D eigenvalue weighted by Crippen LogP contribution is -2.40. The quantitative estimate of drug-likeness (QED) is 0.512. The third kappa shape index (κ3) is 5.17. The maximum atomic E-state index is 13.9. The summed E-state index contributed by atoms with van der Waals surface area (Å²) in [5.74, 6) is 0.860. The summed E-state index contributed by atoms with van der Waals surface area (Å²) in [6.07, 6.45) is 3.29. The highest BCUT2D eigenvalue weighted by Gasteiger charge is 2.33. The van der Waals surface area contributed by atoms with Crippen LogP contribution < -0.4 is 14.8 Å². The van der Waals surface area contributed by atoms with E-state index in [0.29, 0.717) is 36.0 Å². The highest BCUT2D eigenvalue weighted by Crippen LogP contribution is 2.32. The predicted octanol–water partition coefficient (Wildman–Crippen LogP) is 4.33. The van der Waals surface area contributed by atoms with Crippen molar-refractivity contribution >= 4 is 11.5 Å². The maximum absolute atomic E-state index is 13.9. The molecule has 33 heavy (non-hydrogen) atoms. The lowest BCUT2D eigenvalue weighted by Gasteiger charge is -2.30. The third-order valence-corrected chi connectivity index (χ3v) is 5.91. The van der Waals surface area contributed by atoms with E-state index in [1.165, 1.54) is 12.1 Å². The van der Waals surface area contributed by atoms with Crippen LogP contribution in [0.2, 0.25) is 0 Å². The molecule has 1 unspecified atom stereocenters. The van der Waals surface area contributed by atoms with Crippen LogP contribution in [-0.4, -0.2) is 49.0 Å². The molecular formula is C25H28FN3O4. The van der Waals surface area contributed by atoms with Gasteiger partial charge in [0.25, 0.3) is 0 Å². The van der Waals surface area contributed by atoms with Gasteiger partial charge in [-0.15, -0.1) is 0 Å². The average molecular weight is 454 g/mol. The zero-order chi connectivity index (χ0) is 23.4. The summed E-state index contributed by atoms with van der Waals surface area (Å²) in [7, 11) is 4.94. The number of methoxy groups -OCH3 is 2. The molecular weight excluding hydrogens is 425 g/mol. The molecule has 1 fully saturated rings. The van der Waals surface area contributed by atoms with Gasteiger partial charge in [0, 0.05) is 55.9 Å². The lowest BCUT2D eigenvalue weighted by atomic mass is 9.86. The fourth-order valence-electron chi connectivity index (χ4n) is 4.18. The first-order chi connectivity index (χ1) is 16.0. The minimum Gasteiger partial charge on any atom is -0.497 e. The SMILES string of the molecule is COc1cc(NC(C(=O)c2nn(C)cc2-c2ccc(F)cc2)C2CCOCC2)cc(OC)c1. The number of carbonyl (C=O) groups is 1. The Morgan fingerprint density at radius 3 is 2.36 bits per heavy atom. The number of halogens is 1. The number of nitrogens with zero attached hydrogens (tertiary/aromatic N) is 2. The number of hydrogen-bond donors (Lipinski definition) is 1. The van der Waals surface area contributed by atoms with E-state index in [9.17, 15) is 9.18 Å². The van der Waals surface area contributed by atoms with Crippen molar-refractivity contribution in [3.63, 3.8) is 0 Å². The van der Waals surface area contributed by atoms with E-state index in [2.05, 4.69) is 10.4 Å². The first kappa shape index (κ1) is 22.8. The third-order valence-electron chi connectivity index (χ3n) is 5.91. The molecule has 3 aromatic rings. The Morgan fingerprint density at radius 1 is 1.12 bits per heavy atom. The first-order valence-electron chi connectivity index (χ1n) is 10.9. The van der Waals surface area contributed by atoms with Gasteiger partial charge < -0.3 is 19.5 Å². The monoisotopic (exact) mass is 453 g/mol. The molecule has 1 atom stereocenters. The summed E-state index contributed by atoms with van der Waals surface area (Å²) in [5.41, 5.74) is 2.48. The van der Waals surface area contributed by atoms with Crippen LogP contribution in [0.25, 0.3) is 11.1 Å². The molecule has 7 nitrogen and oxygen atoms in total. The van der Waals surface area contributed by atoms with E-state index in [1.54, 1.807) is 50.3 Å². The number of nitrogens with one attached hydrogen (secondary N) is 1. The summed E-state index contributed by atoms with van der Waals surface area (Å²) in [5, 5.41) is 7.91. The summed E-state index contributed by atoms with van der Waals surface area (Å²) < 4.78 is 31.4. The van der Waals surface area contributed by atoms with E-state index < -0.39 is 6.04 Å². The second kappa shape index (κ2) is 10.0. The Kier molecular flexibility index (Phi) is 6.93. The highest BCUT2D eigenvalue weighted by molar-refractivity contribution is 6.05. The number of anilines is 1. The van der Waals surface area contributed by atoms with E-state index in [-0.39, 0.29) is 17.5 Å². The summed E-state index contributed by atoms with van der Waals surface area (Å²) >= 11 is 0. The Morgan fingerprint density at radius 2 is 1.76 bits per heavy atom. The molecule has 1 aromatic heterocycles. The van der Waals surface area contributed by atoms with E-state index in [0.717, 1.165) is 24.1 Å². The van der Waals surface area contributed by atoms with E-state index in [4.69, 9.17) is 14.2 Å². The van der Waals surface area contributed by atoms with Gasteiger partial charge in [-0.3, -0.25) is 9.48 Å². The number of aromatic nitrogens is 2. The molecule has 4 rings (SSSR count). The van der Waals surface area contributed by atoms with Crippen LogP contribution in [0.15, 0.2) is 48.7 Å². The zero-order valence-corrected chi connectivity index (χ0v) is 19.0. The standard InChI is InChI=1S/C25H28FN3O4/c1-29-15-22(16-4-6-18(26)7-5-16)24(28-29)25(30)23(17-8-10-33-11-9-17)27-19-12-20(31-2)14-21(13-19)32-3/h4-7,12-15,17,23,27H,8-11H2,1-3H3. The minimum absolute atomic E-state index is 0.0616. The number of carbonyl (C=O) groups excluding carboxylic acids is 1.